The average molecular weight is 460 g/mol. The van der Waals surface area contributed by atoms with E-state index in [2.05, 4.69) is 0 Å². The number of benzene rings is 3. The maximum Gasteiger partial charge on any atom is 0.277 e. The van der Waals surface area contributed by atoms with E-state index in [1.807, 2.05) is 24.3 Å². The highest BCUT2D eigenvalue weighted by atomic mass is 32.2. The Hall–Kier alpha value is -2.85. The number of hydrogen-bond donors (Lipinski definition) is 3. The topological polar surface area (TPSA) is 113 Å². The number of thioether (sulfide) groups is 1. The molecule has 0 heterocycles. The molecule has 0 aromatic heterocycles. The van der Waals surface area contributed by atoms with E-state index in [1.165, 1.54) is 29.7 Å². The predicted octanol–water partition coefficient (Wildman–Crippen LogP) is 3.28. The van der Waals surface area contributed by atoms with Crippen LogP contribution < -0.4 is 10.2 Å². The third-order valence-corrected chi connectivity index (χ3v) is 7.41. The molecule has 3 rings (SSSR count). The lowest BCUT2D eigenvalue weighted by Crippen LogP contribution is -2.52. The summed E-state index contributed by atoms with van der Waals surface area (Å²) in [6, 6.07) is 23.6. The predicted molar refractivity (Wildman–Crippen MR) is 117 cm³/mol. The van der Waals surface area contributed by atoms with Crippen molar-refractivity contribution in [2.45, 2.75) is 15.4 Å². The largest absolute Gasteiger partial charge is 0.457 e. The first kappa shape index (κ1) is 22.8. The van der Waals surface area contributed by atoms with E-state index >= 15 is 0 Å². The Balaban J connectivity index is 1.75. The van der Waals surface area contributed by atoms with Crippen molar-refractivity contribution >= 4 is 27.5 Å². The number of rotatable bonds is 9. The van der Waals surface area contributed by atoms with Gasteiger partial charge in [-0.3, -0.25) is 10.0 Å². The summed E-state index contributed by atoms with van der Waals surface area (Å²) in [6.07, 6.45) is 0. The minimum atomic E-state index is -4.06. The highest BCUT2D eigenvalue weighted by molar-refractivity contribution is 7.99. The van der Waals surface area contributed by atoms with Crippen LogP contribution >= 0.6 is 11.8 Å². The second-order valence-electron chi connectivity index (χ2n) is 6.72. The molecule has 0 saturated carbocycles. The summed E-state index contributed by atoms with van der Waals surface area (Å²) in [5, 5.41) is 19.8. The number of carbonyl (C=O) groups excluding carboxylic acids is 1. The molecular formula is C22H21NO6S2. The summed E-state index contributed by atoms with van der Waals surface area (Å²) in [4.78, 5) is 12.8. The van der Waals surface area contributed by atoms with Crippen LogP contribution in [-0.2, 0) is 14.6 Å². The quantitative estimate of drug-likeness (QED) is 0.256. The number of aliphatic hydroxyl groups is 1. The number of carbonyl (C=O) groups is 1. The molecule has 9 heteroatoms. The van der Waals surface area contributed by atoms with E-state index in [1.54, 1.807) is 36.4 Å². The average Bonchev–Trinajstić information content (AvgIpc) is 2.78. The van der Waals surface area contributed by atoms with Crippen molar-refractivity contribution in [2.75, 3.05) is 11.5 Å². The van der Waals surface area contributed by atoms with Crippen LogP contribution in [0.3, 0.4) is 0 Å². The zero-order valence-corrected chi connectivity index (χ0v) is 18.0. The van der Waals surface area contributed by atoms with Crippen LogP contribution in [0.25, 0.3) is 0 Å². The fourth-order valence-corrected chi connectivity index (χ4v) is 5.43. The molecule has 1 amide bonds. The number of hydrogen-bond acceptors (Lipinski definition) is 7. The number of para-hydroxylation sites is 1. The van der Waals surface area contributed by atoms with Crippen LogP contribution in [0.2, 0.25) is 0 Å². The van der Waals surface area contributed by atoms with E-state index < -0.39 is 27.1 Å². The zero-order valence-electron chi connectivity index (χ0n) is 16.3. The fraction of sp³-hybridized carbons (Fsp3) is 0.136. The van der Waals surface area contributed by atoms with Crippen molar-refractivity contribution in [1.82, 2.24) is 5.48 Å². The van der Waals surface area contributed by atoms with Gasteiger partial charge in [0.2, 0.25) is 0 Å². The molecule has 3 aromatic carbocycles. The number of nitrogens with one attached hydrogen (secondary N) is 1. The smallest absolute Gasteiger partial charge is 0.277 e. The van der Waals surface area contributed by atoms with E-state index in [4.69, 9.17) is 9.94 Å². The van der Waals surface area contributed by atoms with Gasteiger partial charge >= 0.3 is 0 Å². The molecule has 31 heavy (non-hydrogen) atoms. The lowest BCUT2D eigenvalue weighted by atomic mass is 10.1. The normalized spacial score (nSPS) is 13.2. The maximum atomic E-state index is 12.9. The monoisotopic (exact) mass is 459 g/mol. The van der Waals surface area contributed by atoms with Crippen molar-refractivity contribution in [3.8, 4) is 11.5 Å². The molecule has 162 valence electrons. The van der Waals surface area contributed by atoms with Gasteiger partial charge in [-0.2, -0.15) is 0 Å². The lowest BCUT2D eigenvalue weighted by molar-refractivity contribution is -0.144. The van der Waals surface area contributed by atoms with Crippen LogP contribution in [0.4, 0.5) is 0 Å². The number of sulfone groups is 1. The van der Waals surface area contributed by atoms with Crippen molar-refractivity contribution in [3.63, 3.8) is 0 Å². The van der Waals surface area contributed by atoms with Crippen molar-refractivity contribution in [1.29, 1.82) is 0 Å². The lowest BCUT2D eigenvalue weighted by Gasteiger charge is -2.25. The second-order valence-corrected chi connectivity index (χ2v) is 9.76. The van der Waals surface area contributed by atoms with E-state index in [-0.39, 0.29) is 10.6 Å². The van der Waals surface area contributed by atoms with Crippen LogP contribution in [-0.4, -0.2) is 41.7 Å². The minimum absolute atomic E-state index is 0.0817. The van der Waals surface area contributed by atoms with Gasteiger partial charge in [-0.1, -0.05) is 36.4 Å². The van der Waals surface area contributed by atoms with Crippen LogP contribution in [0.15, 0.2) is 94.7 Å². The first-order valence-electron chi connectivity index (χ1n) is 9.23. The fourth-order valence-electron chi connectivity index (χ4n) is 2.73. The third-order valence-electron chi connectivity index (χ3n) is 4.34. The second kappa shape index (κ2) is 9.97. The summed E-state index contributed by atoms with van der Waals surface area (Å²) in [5.41, 5.74) is -0.974. The molecule has 3 N–H and O–H groups in total. The van der Waals surface area contributed by atoms with Gasteiger partial charge in [0.1, 0.15) is 11.5 Å². The molecular weight excluding hydrogens is 438 g/mol. The molecule has 0 spiro atoms. The standard InChI is InChI=1S/C22H21NO6S2/c24-21(23-26)22(25,15-30-19-9-5-2-6-10-19)16-31(27,28)20-13-11-18(12-14-20)29-17-7-3-1-4-8-17/h1-14,25-26H,15-16H2,(H,23,24). The molecule has 0 aliphatic carbocycles. The molecule has 1 atom stereocenters. The van der Waals surface area contributed by atoms with Gasteiger partial charge < -0.3 is 9.84 Å². The third kappa shape index (κ3) is 6.08. The SMILES string of the molecule is O=C(NO)C(O)(CSc1ccccc1)CS(=O)(=O)c1ccc(Oc2ccccc2)cc1. The molecule has 3 aromatic rings. The zero-order chi connectivity index (χ0) is 22.3. The van der Waals surface area contributed by atoms with Crippen LogP contribution in [0.5, 0.6) is 11.5 Å². The first-order valence-corrected chi connectivity index (χ1v) is 11.9. The Morgan fingerprint density at radius 1 is 0.903 bits per heavy atom. The first-order chi connectivity index (χ1) is 14.8. The van der Waals surface area contributed by atoms with Crippen LogP contribution in [0.1, 0.15) is 0 Å². The van der Waals surface area contributed by atoms with Gasteiger partial charge in [0, 0.05) is 10.6 Å². The van der Waals surface area contributed by atoms with Gasteiger partial charge in [-0.25, -0.2) is 13.9 Å². The summed E-state index contributed by atoms with van der Waals surface area (Å²) in [6.45, 7) is 0. The molecule has 7 nitrogen and oxygen atoms in total. The number of amides is 1. The molecule has 0 saturated heterocycles. The molecule has 0 radical (unpaired) electrons. The Morgan fingerprint density at radius 2 is 1.45 bits per heavy atom. The van der Waals surface area contributed by atoms with E-state index in [0.29, 0.717) is 11.5 Å². The molecule has 1 unspecified atom stereocenters. The Morgan fingerprint density at radius 3 is 2.03 bits per heavy atom. The maximum absolute atomic E-state index is 12.9. The van der Waals surface area contributed by atoms with Gasteiger partial charge in [-0.15, -0.1) is 11.8 Å². The van der Waals surface area contributed by atoms with Gasteiger partial charge in [0.25, 0.3) is 5.91 Å². The van der Waals surface area contributed by atoms with Crippen molar-refractivity contribution < 1.29 is 28.3 Å². The molecule has 0 aliphatic rings. The Kier molecular flexibility index (Phi) is 7.34. The molecule has 0 aliphatic heterocycles. The number of ether oxygens (including phenoxy) is 1. The van der Waals surface area contributed by atoms with Crippen LogP contribution in [0, 0.1) is 0 Å². The highest BCUT2D eigenvalue weighted by Gasteiger charge is 2.41. The van der Waals surface area contributed by atoms with Crippen molar-refractivity contribution in [3.05, 3.63) is 84.9 Å². The molecule has 0 fully saturated rings. The summed E-state index contributed by atoms with van der Waals surface area (Å²) in [5.74, 6) is -1.31. The van der Waals surface area contributed by atoms with E-state index in [9.17, 15) is 18.3 Å². The van der Waals surface area contributed by atoms with E-state index in [0.717, 1.165) is 16.7 Å². The van der Waals surface area contributed by atoms with Gasteiger partial charge in [0.05, 0.1) is 10.6 Å². The summed E-state index contributed by atoms with van der Waals surface area (Å²) in [7, 11) is -4.06. The highest BCUT2D eigenvalue weighted by Crippen LogP contribution is 2.27. The van der Waals surface area contributed by atoms with Crippen molar-refractivity contribution in [2.24, 2.45) is 0 Å². The summed E-state index contributed by atoms with van der Waals surface area (Å²) >= 11 is 1.10. The minimum Gasteiger partial charge on any atom is -0.457 e. The number of hydroxylamine groups is 1. The Labute approximate surface area is 184 Å². The van der Waals surface area contributed by atoms with Gasteiger partial charge in [-0.05, 0) is 48.5 Å². The molecule has 0 bridgehead atoms. The Bertz CT molecular complexity index is 1110. The summed E-state index contributed by atoms with van der Waals surface area (Å²) < 4.78 is 31.4. The van der Waals surface area contributed by atoms with Gasteiger partial charge in [0.15, 0.2) is 15.4 Å².